The number of nitrogens with one attached hydrogen (secondary N) is 1. The van der Waals surface area contributed by atoms with Crippen LogP contribution in [0.4, 0.5) is 10.1 Å². The van der Waals surface area contributed by atoms with Gasteiger partial charge in [0.2, 0.25) is 5.91 Å². The van der Waals surface area contributed by atoms with Crippen LogP contribution in [0.5, 0.6) is 0 Å². The molecule has 1 N–H and O–H groups in total. The molecule has 4 saturated carbocycles. The van der Waals surface area contributed by atoms with Crippen LogP contribution in [0.25, 0.3) is 0 Å². The van der Waals surface area contributed by atoms with E-state index in [0.29, 0.717) is 17.4 Å². The molecular formula is C25H28FNO. The topological polar surface area (TPSA) is 29.1 Å². The van der Waals surface area contributed by atoms with Gasteiger partial charge in [-0.25, -0.2) is 4.39 Å². The molecule has 0 spiro atoms. The van der Waals surface area contributed by atoms with E-state index in [1.54, 1.807) is 18.2 Å². The average Bonchev–Trinajstić information content (AvgIpc) is 2.67. The average molecular weight is 378 g/mol. The van der Waals surface area contributed by atoms with E-state index in [4.69, 9.17) is 0 Å². The van der Waals surface area contributed by atoms with Crippen LogP contribution in [-0.4, -0.2) is 5.91 Å². The van der Waals surface area contributed by atoms with Crippen molar-refractivity contribution in [1.29, 1.82) is 0 Å². The third-order valence-electron chi connectivity index (χ3n) is 7.40. The lowest BCUT2D eigenvalue weighted by Gasteiger charge is -2.57. The van der Waals surface area contributed by atoms with Gasteiger partial charge in [-0.15, -0.1) is 0 Å². The highest BCUT2D eigenvalue weighted by molar-refractivity contribution is 5.90. The molecule has 1 amide bonds. The molecule has 2 aromatic rings. The van der Waals surface area contributed by atoms with Crippen LogP contribution in [-0.2, 0) is 16.6 Å². The van der Waals surface area contributed by atoms with Crippen LogP contribution in [0.1, 0.15) is 56.1 Å². The number of amides is 1. The molecule has 0 radical (unpaired) electrons. The van der Waals surface area contributed by atoms with Crippen LogP contribution in [0.2, 0.25) is 0 Å². The molecule has 4 bridgehead atoms. The molecule has 28 heavy (non-hydrogen) atoms. The summed E-state index contributed by atoms with van der Waals surface area (Å²) in [4.78, 5) is 12.3. The number of carbonyl (C=O) groups is 1. The molecule has 0 unspecified atom stereocenters. The number of benzene rings is 2. The maximum absolute atomic E-state index is 13.7. The van der Waals surface area contributed by atoms with Gasteiger partial charge in [0.25, 0.3) is 0 Å². The number of aryl methyl sites for hydroxylation is 1. The number of hydrogen-bond acceptors (Lipinski definition) is 1. The first kappa shape index (κ1) is 17.9. The van der Waals surface area contributed by atoms with E-state index in [-0.39, 0.29) is 18.1 Å². The third-order valence-corrected chi connectivity index (χ3v) is 7.40. The fourth-order valence-corrected chi connectivity index (χ4v) is 6.54. The Morgan fingerprint density at radius 3 is 2.14 bits per heavy atom. The lowest BCUT2D eigenvalue weighted by Crippen LogP contribution is -2.48. The van der Waals surface area contributed by atoms with Gasteiger partial charge in [0.05, 0.1) is 0 Å². The Hall–Kier alpha value is -2.16. The first-order valence-electron chi connectivity index (χ1n) is 10.7. The lowest BCUT2D eigenvalue weighted by atomic mass is 9.48. The number of carbonyl (C=O) groups excluding carboxylic acids is 1. The van der Waals surface area contributed by atoms with Crippen molar-refractivity contribution in [2.24, 2.45) is 17.8 Å². The standard InChI is InChI=1S/C25H28FNO/c26-23-4-2-1-3-20(23)5-10-24(28)27-22-8-6-21(7-9-22)25-14-17-11-18(15-25)13-19(12-17)16-25/h1-4,6-9,17-19H,5,10-16H2,(H,27,28). The summed E-state index contributed by atoms with van der Waals surface area (Å²) in [6.07, 6.45) is 9.13. The monoisotopic (exact) mass is 377 g/mol. The Bertz CT molecular complexity index is 837. The molecule has 2 aromatic carbocycles. The van der Waals surface area contributed by atoms with Crippen LogP contribution >= 0.6 is 0 Å². The van der Waals surface area contributed by atoms with Crippen molar-refractivity contribution >= 4 is 11.6 Å². The maximum Gasteiger partial charge on any atom is 0.224 e. The van der Waals surface area contributed by atoms with E-state index in [1.165, 1.54) is 50.2 Å². The van der Waals surface area contributed by atoms with Gasteiger partial charge in [0.15, 0.2) is 0 Å². The van der Waals surface area contributed by atoms with Crippen molar-refractivity contribution in [2.75, 3.05) is 5.32 Å². The fraction of sp³-hybridized carbons (Fsp3) is 0.480. The zero-order valence-corrected chi connectivity index (χ0v) is 16.3. The minimum atomic E-state index is -0.241. The first-order chi connectivity index (χ1) is 13.6. The van der Waals surface area contributed by atoms with Gasteiger partial charge in [-0.1, -0.05) is 30.3 Å². The van der Waals surface area contributed by atoms with Crippen molar-refractivity contribution in [3.63, 3.8) is 0 Å². The summed E-state index contributed by atoms with van der Waals surface area (Å²) >= 11 is 0. The van der Waals surface area contributed by atoms with E-state index >= 15 is 0 Å². The van der Waals surface area contributed by atoms with Crippen LogP contribution in [0.3, 0.4) is 0 Å². The summed E-state index contributed by atoms with van der Waals surface area (Å²) in [5.74, 6) is 2.50. The number of rotatable bonds is 5. The maximum atomic E-state index is 13.7. The predicted molar refractivity (Wildman–Crippen MR) is 110 cm³/mol. The Morgan fingerprint density at radius 2 is 1.54 bits per heavy atom. The molecule has 0 heterocycles. The minimum absolute atomic E-state index is 0.0641. The molecule has 4 aliphatic rings. The molecule has 0 atom stereocenters. The van der Waals surface area contributed by atoms with Gasteiger partial charge in [-0.05, 0) is 97.4 Å². The quantitative estimate of drug-likeness (QED) is 0.694. The second-order valence-electron chi connectivity index (χ2n) is 9.41. The molecule has 0 saturated heterocycles. The largest absolute Gasteiger partial charge is 0.326 e. The van der Waals surface area contributed by atoms with Crippen LogP contribution < -0.4 is 5.32 Å². The Kier molecular flexibility index (Phi) is 4.49. The van der Waals surface area contributed by atoms with Crippen molar-refractivity contribution in [2.45, 2.75) is 56.8 Å². The normalized spacial score (nSPS) is 30.4. The zero-order valence-electron chi connectivity index (χ0n) is 16.3. The smallest absolute Gasteiger partial charge is 0.224 e. The van der Waals surface area contributed by atoms with Gasteiger partial charge in [-0.3, -0.25) is 4.79 Å². The van der Waals surface area contributed by atoms with Gasteiger partial charge in [0.1, 0.15) is 5.82 Å². The number of hydrogen-bond donors (Lipinski definition) is 1. The van der Waals surface area contributed by atoms with Gasteiger partial charge in [0, 0.05) is 12.1 Å². The SMILES string of the molecule is O=C(CCc1ccccc1F)Nc1ccc(C23CC4CC(CC(C4)C2)C3)cc1. The highest BCUT2D eigenvalue weighted by Crippen LogP contribution is 2.60. The van der Waals surface area contributed by atoms with Crippen molar-refractivity contribution < 1.29 is 9.18 Å². The first-order valence-corrected chi connectivity index (χ1v) is 10.7. The summed E-state index contributed by atoms with van der Waals surface area (Å²) in [7, 11) is 0. The molecule has 3 heteroatoms. The van der Waals surface area contributed by atoms with E-state index in [2.05, 4.69) is 29.6 Å². The molecule has 6 rings (SSSR count). The second kappa shape index (κ2) is 7.02. The molecule has 4 fully saturated rings. The molecule has 146 valence electrons. The summed E-state index contributed by atoms with van der Waals surface area (Å²) in [5.41, 5.74) is 3.29. The second-order valence-corrected chi connectivity index (χ2v) is 9.41. The summed E-state index contributed by atoms with van der Waals surface area (Å²) in [5, 5.41) is 2.97. The number of anilines is 1. The van der Waals surface area contributed by atoms with Crippen LogP contribution in [0, 0.1) is 23.6 Å². The molecule has 0 aromatic heterocycles. The molecule has 2 nitrogen and oxygen atoms in total. The van der Waals surface area contributed by atoms with Crippen molar-refractivity contribution in [3.05, 3.63) is 65.5 Å². The molecule has 0 aliphatic heterocycles. The molecule has 4 aliphatic carbocycles. The Balaban J connectivity index is 1.22. The van der Waals surface area contributed by atoms with E-state index in [0.717, 1.165) is 23.4 Å². The fourth-order valence-electron chi connectivity index (χ4n) is 6.54. The van der Waals surface area contributed by atoms with Gasteiger partial charge in [-0.2, -0.15) is 0 Å². The number of halogens is 1. The van der Waals surface area contributed by atoms with E-state index in [1.807, 2.05) is 0 Å². The van der Waals surface area contributed by atoms with Crippen LogP contribution in [0.15, 0.2) is 48.5 Å². The predicted octanol–water partition coefficient (Wildman–Crippen LogP) is 5.86. The Morgan fingerprint density at radius 1 is 0.929 bits per heavy atom. The highest BCUT2D eigenvalue weighted by Gasteiger charge is 2.51. The van der Waals surface area contributed by atoms with Crippen molar-refractivity contribution in [3.8, 4) is 0 Å². The molecular weight excluding hydrogens is 349 g/mol. The van der Waals surface area contributed by atoms with Gasteiger partial charge < -0.3 is 5.32 Å². The minimum Gasteiger partial charge on any atom is -0.326 e. The van der Waals surface area contributed by atoms with E-state index < -0.39 is 0 Å². The summed E-state index contributed by atoms with van der Waals surface area (Å²) < 4.78 is 13.7. The van der Waals surface area contributed by atoms with E-state index in [9.17, 15) is 9.18 Å². The van der Waals surface area contributed by atoms with Gasteiger partial charge >= 0.3 is 0 Å². The van der Waals surface area contributed by atoms with Crippen molar-refractivity contribution in [1.82, 2.24) is 0 Å². The summed E-state index contributed by atoms with van der Waals surface area (Å²) in [6.45, 7) is 0. The third kappa shape index (κ3) is 3.36. The zero-order chi connectivity index (χ0) is 19.1. The highest BCUT2D eigenvalue weighted by atomic mass is 19.1. The lowest BCUT2D eigenvalue weighted by molar-refractivity contribution is -0.116. The summed E-state index contributed by atoms with van der Waals surface area (Å²) in [6, 6.07) is 15.2. The Labute approximate surface area is 166 Å².